The number of hydrogen-bond donors (Lipinski definition) is 1. The van der Waals surface area contributed by atoms with Crippen LogP contribution >= 0.6 is 0 Å². The van der Waals surface area contributed by atoms with Crippen molar-refractivity contribution in [2.45, 2.75) is 25.8 Å². The lowest BCUT2D eigenvalue weighted by molar-refractivity contribution is -0.119. The molecule has 0 bridgehead atoms. The molecule has 1 aromatic rings. The van der Waals surface area contributed by atoms with Crippen LogP contribution in [0.2, 0.25) is 0 Å². The van der Waals surface area contributed by atoms with Crippen LogP contribution in [0, 0.1) is 18.3 Å². The second-order valence-corrected chi connectivity index (χ2v) is 4.49. The van der Waals surface area contributed by atoms with Crippen LogP contribution in [0.4, 0.5) is 5.69 Å². The van der Waals surface area contributed by atoms with Crippen LogP contribution in [-0.2, 0) is 4.79 Å². The van der Waals surface area contributed by atoms with Gasteiger partial charge in [0.15, 0.2) is 0 Å². The Morgan fingerprint density at radius 2 is 2.28 bits per heavy atom. The highest BCUT2D eigenvalue weighted by atomic mass is 16.2. The minimum Gasteiger partial charge on any atom is -0.310 e. The molecule has 1 aliphatic heterocycles. The number of amides is 1. The third-order valence-corrected chi connectivity index (χ3v) is 3.32. The van der Waals surface area contributed by atoms with Gasteiger partial charge in [-0.3, -0.25) is 4.79 Å². The van der Waals surface area contributed by atoms with Gasteiger partial charge in [-0.05, 0) is 26.0 Å². The number of nitrogens with zero attached hydrogens (tertiary/aromatic N) is 2. The van der Waals surface area contributed by atoms with Gasteiger partial charge in [-0.1, -0.05) is 18.2 Å². The molecular weight excluding hydrogens is 226 g/mol. The summed E-state index contributed by atoms with van der Waals surface area (Å²) in [4.78, 5) is 14.1. The minimum absolute atomic E-state index is 0.0831. The predicted molar refractivity (Wildman–Crippen MR) is 70.2 cm³/mol. The van der Waals surface area contributed by atoms with E-state index in [2.05, 4.69) is 11.4 Å². The fraction of sp³-hybridized carbons (Fsp3) is 0.429. The second kappa shape index (κ2) is 5.19. The Morgan fingerprint density at radius 1 is 1.50 bits per heavy atom. The monoisotopic (exact) mass is 243 g/mol. The van der Waals surface area contributed by atoms with Gasteiger partial charge in [0.25, 0.3) is 0 Å². The number of rotatable bonds is 4. The summed E-state index contributed by atoms with van der Waals surface area (Å²) in [5.41, 5.74) is 3.16. The number of fused-ring (bicyclic) bond motifs is 1. The van der Waals surface area contributed by atoms with Gasteiger partial charge in [0.05, 0.1) is 11.8 Å². The van der Waals surface area contributed by atoms with Crippen molar-refractivity contribution in [3.63, 3.8) is 0 Å². The molecule has 0 fully saturated rings. The average molecular weight is 243 g/mol. The topological polar surface area (TPSA) is 56.1 Å². The molecule has 1 unspecified atom stereocenters. The molecule has 4 heteroatoms. The minimum atomic E-state index is -0.248. The van der Waals surface area contributed by atoms with Crippen LogP contribution in [-0.4, -0.2) is 19.5 Å². The van der Waals surface area contributed by atoms with Gasteiger partial charge < -0.3 is 10.2 Å². The zero-order valence-electron chi connectivity index (χ0n) is 10.7. The van der Waals surface area contributed by atoms with E-state index >= 15 is 0 Å². The summed E-state index contributed by atoms with van der Waals surface area (Å²) in [7, 11) is 1.80. The summed E-state index contributed by atoms with van der Waals surface area (Å²) in [6.45, 7) is 2.63. The van der Waals surface area contributed by atoms with Crippen LogP contribution in [0.15, 0.2) is 18.2 Å². The van der Waals surface area contributed by atoms with Crippen molar-refractivity contribution in [3.05, 3.63) is 29.3 Å². The van der Waals surface area contributed by atoms with Crippen LogP contribution in [0.3, 0.4) is 0 Å². The number of unbranched alkanes of at least 4 members (excludes halogenated alkanes) is 1. The van der Waals surface area contributed by atoms with Crippen molar-refractivity contribution in [1.29, 1.82) is 5.26 Å². The quantitative estimate of drug-likeness (QED) is 0.822. The molecule has 0 aliphatic carbocycles. The van der Waals surface area contributed by atoms with E-state index in [1.54, 1.807) is 7.05 Å². The van der Waals surface area contributed by atoms with Crippen LogP contribution < -0.4 is 10.2 Å². The lowest BCUT2D eigenvalue weighted by atomic mass is 10.1. The molecular formula is C14H17N3O. The Balaban J connectivity index is 2.33. The molecule has 0 aromatic heterocycles. The Labute approximate surface area is 107 Å². The summed E-state index contributed by atoms with van der Waals surface area (Å²) in [6, 6.07) is 7.85. The standard InChI is InChI=1S/C14H17N3O/c1-10-6-5-7-11-12(16-2)14(18)17(13(10)11)9-4-3-8-15/h5-7,12,16H,3-4,9H2,1-2H3. The first-order chi connectivity index (χ1) is 8.70. The summed E-state index contributed by atoms with van der Waals surface area (Å²) >= 11 is 0. The summed E-state index contributed by atoms with van der Waals surface area (Å²) in [5.74, 6) is 0.0831. The lowest BCUT2D eigenvalue weighted by Crippen LogP contribution is -2.34. The van der Waals surface area contributed by atoms with Gasteiger partial charge in [-0.15, -0.1) is 0 Å². The fourth-order valence-corrected chi connectivity index (χ4v) is 2.50. The highest BCUT2D eigenvalue weighted by Gasteiger charge is 2.36. The highest BCUT2D eigenvalue weighted by Crippen LogP contribution is 2.38. The first-order valence-corrected chi connectivity index (χ1v) is 6.15. The van der Waals surface area contributed by atoms with Crippen molar-refractivity contribution in [2.24, 2.45) is 0 Å². The molecule has 1 N–H and O–H groups in total. The molecule has 1 aliphatic rings. The summed E-state index contributed by atoms with van der Waals surface area (Å²) in [5, 5.41) is 11.6. The van der Waals surface area contributed by atoms with Crippen LogP contribution in [0.5, 0.6) is 0 Å². The van der Waals surface area contributed by atoms with E-state index in [4.69, 9.17) is 5.26 Å². The van der Waals surface area contributed by atoms with Crippen molar-refractivity contribution >= 4 is 11.6 Å². The van der Waals surface area contributed by atoms with E-state index < -0.39 is 0 Å². The zero-order valence-corrected chi connectivity index (χ0v) is 10.7. The molecule has 18 heavy (non-hydrogen) atoms. The first kappa shape index (κ1) is 12.6. The number of anilines is 1. The van der Waals surface area contributed by atoms with Crippen molar-refractivity contribution in [3.8, 4) is 6.07 Å². The second-order valence-electron chi connectivity index (χ2n) is 4.49. The van der Waals surface area contributed by atoms with Crippen LogP contribution in [0.1, 0.15) is 30.0 Å². The third-order valence-electron chi connectivity index (χ3n) is 3.32. The number of likely N-dealkylation sites (N-methyl/N-ethyl adjacent to an activating group) is 1. The Morgan fingerprint density at radius 3 is 2.94 bits per heavy atom. The third kappa shape index (κ3) is 1.98. The van der Waals surface area contributed by atoms with Crippen molar-refractivity contribution in [2.75, 3.05) is 18.5 Å². The maximum atomic E-state index is 12.3. The van der Waals surface area contributed by atoms with Gasteiger partial charge >= 0.3 is 0 Å². The van der Waals surface area contributed by atoms with E-state index in [0.29, 0.717) is 19.4 Å². The zero-order chi connectivity index (χ0) is 13.1. The Bertz CT molecular complexity index is 504. The molecule has 4 nitrogen and oxygen atoms in total. The molecule has 1 amide bonds. The molecule has 0 saturated carbocycles. The molecule has 0 spiro atoms. The molecule has 1 aromatic carbocycles. The van der Waals surface area contributed by atoms with Gasteiger partial charge in [0.1, 0.15) is 6.04 Å². The predicted octanol–water partition coefficient (Wildman–Crippen LogP) is 1.91. The highest BCUT2D eigenvalue weighted by molar-refractivity contribution is 6.05. The van der Waals surface area contributed by atoms with Gasteiger partial charge in [0, 0.05) is 18.5 Å². The number of aryl methyl sites for hydroxylation is 1. The van der Waals surface area contributed by atoms with Crippen molar-refractivity contribution in [1.82, 2.24) is 5.32 Å². The van der Waals surface area contributed by atoms with E-state index in [1.807, 2.05) is 30.0 Å². The largest absolute Gasteiger partial charge is 0.310 e. The number of benzene rings is 1. The van der Waals surface area contributed by atoms with Crippen molar-refractivity contribution < 1.29 is 4.79 Å². The molecule has 94 valence electrons. The number of hydrogen-bond acceptors (Lipinski definition) is 3. The smallest absolute Gasteiger partial charge is 0.248 e. The Kier molecular flexibility index (Phi) is 3.63. The SMILES string of the molecule is CNC1C(=O)N(CCCC#N)c2c(C)cccc21. The van der Waals surface area contributed by atoms with E-state index in [-0.39, 0.29) is 11.9 Å². The maximum absolute atomic E-state index is 12.3. The van der Waals surface area contributed by atoms with Gasteiger partial charge in [-0.25, -0.2) is 0 Å². The van der Waals surface area contributed by atoms with Gasteiger partial charge in [0.2, 0.25) is 5.91 Å². The average Bonchev–Trinajstić information content (AvgIpc) is 2.63. The number of para-hydroxylation sites is 1. The number of carbonyl (C=O) groups excluding carboxylic acids is 1. The summed E-state index contributed by atoms with van der Waals surface area (Å²) in [6.07, 6.45) is 1.20. The summed E-state index contributed by atoms with van der Waals surface area (Å²) < 4.78 is 0. The molecule has 0 radical (unpaired) electrons. The maximum Gasteiger partial charge on any atom is 0.248 e. The Hall–Kier alpha value is -1.86. The normalized spacial score (nSPS) is 17.7. The number of nitriles is 1. The fourth-order valence-electron chi connectivity index (χ4n) is 2.50. The van der Waals surface area contributed by atoms with E-state index in [0.717, 1.165) is 16.8 Å². The molecule has 1 atom stereocenters. The number of nitrogens with one attached hydrogen (secondary N) is 1. The molecule has 0 saturated heterocycles. The number of carbonyl (C=O) groups is 1. The lowest BCUT2D eigenvalue weighted by Gasteiger charge is -2.18. The van der Waals surface area contributed by atoms with E-state index in [9.17, 15) is 4.79 Å². The molecule has 2 rings (SSSR count). The molecule has 1 heterocycles. The van der Waals surface area contributed by atoms with E-state index in [1.165, 1.54) is 0 Å². The van der Waals surface area contributed by atoms with Crippen LogP contribution in [0.25, 0.3) is 0 Å². The first-order valence-electron chi connectivity index (χ1n) is 6.15. The van der Waals surface area contributed by atoms with Gasteiger partial charge in [-0.2, -0.15) is 5.26 Å².